The van der Waals surface area contributed by atoms with Gasteiger partial charge in [0.2, 0.25) is 0 Å². The van der Waals surface area contributed by atoms with Crippen LogP contribution in [-0.4, -0.2) is 5.91 Å². The van der Waals surface area contributed by atoms with E-state index in [9.17, 15) is 9.18 Å². The number of halogens is 2. The lowest BCUT2D eigenvalue weighted by molar-refractivity contribution is 0.102. The maximum absolute atomic E-state index is 13.9. The van der Waals surface area contributed by atoms with Gasteiger partial charge in [0.25, 0.3) is 5.91 Å². The number of carbonyl (C=O) groups excluding carboxylic acids is 1. The predicted octanol–water partition coefficient (Wildman–Crippen LogP) is 3.73. The molecule has 0 spiro atoms. The standard InChI is InChI=1S/C14H12BrFN2O/c1-8-6-10(17)7-12(13(8)16)14(19)18-11-4-2-9(15)3-5-11/h2-7H,17H2,1H3,(H,18,19). The van der Waals surface area contributed by atoms with Crippen LogP contribution in [0.4, 0.5) is 15.8 Å². The van der Waals surface area contributed by atoms with Crippen LogP contribution in [0.25, 0.3) is 0 Å². The van der Waals surface area contributed by atoms with Gasteiger partial charge in [-0.15, -0.1) is 0 Å². The van der Waals surface area contributed by atoms with Gasteiger partial charge in [-0.05, 0) is 48.9 Å². The molecule has 0 radical (unpaired) electrons. The number of anilines is 2. The fraction of sp³-hybridized carbons (Fsp3) is 0.0714. The highest BCUT2D eigenvalue weighted by atomic mass is 79.9. The Labute approximate surface area is 118 Å². The maximum Gasteiger partial charge on any atom is 0.258 e. The molecule has 5 heteroatoms. The van der Waals surface area contributed by atoms with Gasteiger partial charge in [-0.25, -0.2) is 4.39 Å². The molecule has 0 aliphatic carbocycles. The van der Waals surface area contributed by atoms with Crippen LogP contribution < -0.4 is 11.1 Å². The molecule has 1 amide bonds. The zero-order chi connectivity index (χ0) is 14.0. The molecular formula is C14H12BrFN2O. The molecule has 0 atom stereocenters. The fourth-order valence-corrected chi connectivity index (χ4v) is 1.96. The molecule has 3 N–H and O–H groups in total. The van der Waals surface area contributed by atoms with E-state index < -0.39 is 11.7 Å². The largest absolute Gasteiger partial charge is 0.399 e. The van der Waals surface area contributed by atoms with Gasteiger partial charge in [0.05, 0.1) is 5.56 Å². The molecule has 98 valence electrons. The third-order valence-corrected chi connectivity index (χ3v) is 3.15. The van der Waals surface area contributed by atoms with E-state index in [1.807, 2.05) is 0 Å². The van der Waals surface area contributed by atoms with Crippen LogP contribution in [0.5, 0.6) is 0 Å². The number of rotatable bonds is 2. The van der Waals surface area contributed by atoms with Crippen LogP contribution >= 0.6 is 15.9 Å². The lowest BCUT2D eigenvalue weighted by Crippen LogP contribution is -2.15. The van der Waals surface area contributed by atoms with Crippen molar-refractivity contribution in [3.8, 4) is 0 Å². The third kappa shape index (κ3) is 3.12. The monoisotopic (exact) mass is 322 g/mol. The van der Waals surface area contributed by atoms with E-state index in [-0.39, 0.29) is 5.56 Å². The first-order valence-corrected chi connectivity index (χ1v) is 6.39. The zero-order valence-corrected chi connectivity index (χ0v) is 11.8. The second kappa shape index (κ2) is 5.40. The van der Waals surface area contributed by atoms with Crippen LogP contribution in [0.1, 0.15) is 15.9 Å². The van der Waals surface area contributed by atoms with Gasteiger partial charge >= 0.3 is 0 Å². The van der Waals surface area contributed by atoms with Crippen molar-refractivity contribution in [1.82, 2.24) is 0 Å². The summed E-state index contributed by atoms with van der Waals surface area (Å²) < 4.78 is 14.8. The number of aryl methyl sites for hydroxylation is 1. The van der Waals surface area contributed by atoms with Gasteiger partial charge in [-0.1, -0.05) is 15.9 Å². The zero-order valence-electron chi connectivity index (χ0n) is 10.2. The maximum atomic E-state index is 13.9. The Morgan fingerprint density at radius 1 is 1.26 bits per heavy atom. The van der Waals surface area contributed by atoms with Gasteiger partial charge in [-0.2, -0.15) is 0 Å². The summed E-state index contributed by atoms with van der Waals surface area (Å²) in [5.41, 5.74) is 6.87. The van der Waals surface area contributed by atoms with E-state index in [0.717, 1.165) is 4.47 Å². The van der Waals surface area contributed by atoms with Gasteiger partial charge in [-0.3, -0.25) is 4.79 Å². The Morgan fingerprint density at radius 2 is 1.89 bits per heavy atom. The topological polar surface area (TPSA) is 55.1 Å². The minimum absolute atomic E-state index is 0.0552. The average molecular weight is 323 g/mol. The highest BCUT2D eigenvalue weighted by Gasteiger charge is 2.14. The van der Waals surface area contributed by atoms with Crippen molar-refractivity contribution in [3.05, 3.63) is 57.8 Å². The van der Waals surface area contributed by atoms with E-state index >= 15 is 0 Å². The minimum Gasteiger partial charge on any atom is -0.399 e. The Bertz CT molecular complexity index is 626. The molecule has 19 heavy (non-hydrogen) atoms. The molecule has 0 aromatic heterocycles. The van der Waals surface area contributed by atoms with Gasteiger partial charge in [0.1, 0.15) is 5.82 Å². The smallest absolute Gasteiger partial charge is 0.258 e. The Morgan fingerprint density at radius 3 is 2.53 bits per heavy atom. The lowest BCUT2D eigenvalue weighted by Gasteiger charge is -2.09. The van der Waals surface area contributed by atoms with Crippen molar-refractivity contribution in [3.63, 3.8) is 0 Å². The van der Waals surface area contributed by atoms with Gasteiger partial charge in [0, 0.05) is 15.8 Å². The summed E-state index contributed by atoms with van der Waals surface area (Å²) in [6.45, 7) is 1.57. The molecule has 0 fully saturated rings. The molecule has 2 aromatic rings. The van der Waals surface area contributed by atoms with Crippen molar-refractivity contribution in [2.24, 2.45) is 0 Å². The summed E-state index contributed by atoms with van der Waals surface area (Å²) in [7, 11) is 0. The van der Waals surface area contributed by atoms with Crippen LogP contribution in [-0.2, 0) is 0 Å². The van der Waals surface area contributed by atoms with Crippen molar-refractivity contribution < 1.29 is 9.18 Å². The van der Waals surface area contributed by atoms with Crippen molar-refractivity contribution in [1.29, 1.82) is 0 Å². The summed E-state index contributed by atoms with van der Waals surface area (Å²) in [5, 5.41) is 2.63. The number of hydrogen-bond acceptors (Lipinski definition) is 2. The van der Waals surface area contributed by atoms with Crippen molar-refractivity contribution in [2.75, 3.05) is 11.1 Å². The normalized spacial score (nSPS) is 10.3. The number of nitrogen functional groups attached to an aromatic ring is 1. The second-order valence-electron chi connectivity index (χ2n) is 4.16. The van der Waals surface area contributed by atoms with Crippen LogP contribution in [0.2, 0.25) is 0 Å². The number of benzene rings is 2. The number of nitrogens with one attached hydrogen (secondary N) is 1. The molecular weight excluding hydrogens is 311 g/mol. The number of amides is 1. The van der Waals surface area contributed by atoms with Crippen LogP contribution in [0, 0.1) is 12.7 Å². The Hall–Kier alpha value is -1.88. The SMILES string of the molecule is Cc1cc(N)cc(C(=O)Nc2ccc(Br)cc2)c1F. The first-order chi connectivity index (χ1) is 8.97. The van der Waals surface area contributed by atoms with Crippen LogP contribution in [0.15, 0.2) is 40.9 Å². The summed E-state index contributed by atoms with van der Waals surface area (Å²) in [6.07, 6.45) is 0. The first-order valence-electron chi connectivity index (χ1n) is 5.60. The number of hydrogen-bond donors (Lipinski definition) is 2. The highest BCUT2D eigenvalue weighted by Crippen LogP contribution is 2.19. The molecule has 0 saturated heterocycles. The van der Waals surface area contributed by atoms with E-state index in [0.29, 0.717) is 16.9 Å². The predicted molar refractivity (Wildman–Crippen MR) is 77.6 cm³/mol. The third-order valence-electron chi connectivity index (χ3n) is 2.62. The molecule has 0 aliphatic heterocycles. The molecule has 3 nitrogen and oxygen atoms in total. The first kappa shape index (κ1) is 13.5. The molecule has 0 bridgehead atoms. The lowest BCUT2D eigenvalue weighted by atomic mass is 10.1. The molecule has 0 heterocycles. The van der Waals surface area contributed by atoms with Crippen molar-refractivity contribution in [2.45, 2.75) is 6.92 Å². The summed E-state index contributed by atoms with van der Waals surface area (Å²) in [6, 6.07) is 9.84. The van der Waals surface area contributed by atoms with E-state index in [4.69, 9.17) is 5.73 Å². The van der Waals surface area contributed by atoms with Crippen molar-refractivity contribution >= 4 is 33.2 Å². The number of nitrogens with two attached hydrogens (primary N) is 1. The minimum atomic E-state index is -0.552. The summed E-state index contributed by atoms with van der Waals surface area (Å²) in [4.78, 5) is 12.0. The Kier molecular flexibility index (Phi) is 3.85. The van der Waals surface area contributed by atoms with E-state index in [1.165, 1.54) is 12.1 Å². The van der Waals surface area contributed by atoms with E-state index in [2.05, 4.69) is 21.2 Å². The Balaban J connectivity index is 2.27. The summed E-state index contributed by atoms with van der Waals surface area (Å²) in [5.74, 6) is -1.07. The molecule has 0 unspecified atom stereocenters. The van der Waals surface area contributed by atoms with E-state index in [1.54, 1.807) is 31.2 Å². The number of carbonyl (C=O) groups is 1. The van der Waals surface area contributed by atoms with Crippen LogP contribution in [0.3, 0.4) is 0 Å². The quantitative estimate of drug-likeness (QED) is 0.828. The molecule has 2 aromatic carbocycles. The average Bonchev–Trinajstić information content (AvgIpc) is 2.36. The molecule has 2 rings (SSSR count). The fourth-order valence-electron chi connectivity index (χ4n) is 1.69. The summed E-state index contributed by atoms with van der Waals surface area (Å²) >= 11 is 3.30. The van der Waals surface area contributed by atoms with Gasteiger partial charge < -0.3 is 11.1 Å². The molecule has 0 saturated carbocycles. The molecule has 0 aliphatic rings. The second-order valence-corrected chi connectivity index (χ2v) is 5.08. The van der Waals surface area contributed by atoms with Gasteiger partial charge in [0.15, 0.2) is 0 Å². The highest BCUT2D eigenvalue weighted by molar-refractivity contribution is 9.10.